The number of rotatable bonds is 4. The number of benzene rings is 1. The number of ketones is 1. The minimum atomic E-state index is 0.0555. The molecule has 1 heterocycles. The molecule has 0 spiro atoms. The summed E-state index contributed by atoms with van der Waals surface area (Å²) in [5.41, 5.74) is 0.627. The van der Waals surface area contributed by atoms with Crippen LogP contribution in [0.3, 0.4) is 0 Å². The molecule has 0 atom stereocenters. The van der Waals surface area contributed by atoms with E-state index in [1.807, 2.05) is 19.2 Å². The summed E-state index contributed by atoms with van der Waals surface area (Å²) in [7, 11) is 3.56. The van der Waals surface area contributed by atoms with Crippen molar-refractivity contribution in [2.75, 3.05) is 27.2 Å². The summed E-state index contributed by atoms with van der Waals surface area (Å²) in [4.78, 5) is 18.7. The zero-order valence-corrected chi connectivity index (χ0v) is 10.8. The second kappa shape index (κ2) is 5.67. The highest BCUT2D eigenvalue weighted by atomic mass is 16.5. The number of Topliss-reactive ketones (excluding diaryl/α,β-unsaturated/α-hetero) is 1. The van der Waals surface area contributed by atoms with Crippen LogP contribution in [0.4, 0.5) is 0 Å². The maximum absolute atomic E-state index is 12.3. The Hall–Kier alpha value is -1.84. The highest BCUT2D eigenvalue weighted by molar-refractivity contribution is 6.10. The van der Waals surface area contributed by atoms with Crippen LogP contribution in [0.5, 0.6) is 5.75 Å². The van der Waals surface area contributed by atoms with E-state index < -0.39 is 0 Å². The van der Waals surface area contributed by atoms with Crippen LogP contribution in [0.15, 0.2) is 29.3 Å². The molecule has 0 unspecified atom stereocenters. The molecule has 4 heteroatoms. The fraction of sp³-hybridized carbons (Fsp3) is 0.429. The molecule has 1 aliphatic rings. The Balaban J connectivity index is 2.14. The highest BCUT2D eigenvalue weighted by Gasteiger charge is 2.18. The molecular weight excluding hydrogens is 228 g/mol. The van der Waals surface area contributed by atoms with Crippen LogP contribution in [-0.4, -0.2) is 43.8 Å². The van der Waals surface area contributed by atoms with E-state index in [4.69, 9.17) is 4.74 Å². The fourth-order valence-corrected chi connectivity index (χ4v) is 2.07. The molecule has 1 aliphatic heterocycles. The Morgan fingerprint density at radius 3 is 2.94 bits per heavy atom. The Labute approximate surface area is 107 Å². The van der Waals surface area contributed by atoms with Gasteiger partial charge in [0.25, 0.3) is 0 Å². The van der Waals surface area contributed by atoms with Gasteiger partial charge in [-0.25, -0.2) is 0 Å². The molecule has 96 valence electrons. The van der Waals surface area contributed by atoms with Crippen molar-refractivity contribution in [3.63, 3.8) is 0 Å². The largest absolute Gasteiger partial charge is 0.496 e. The van der Waals surface area contributed by atoms with Gasteiger partial charge < -0.3 is 9.64 Å². The second-order valence-corrected chi connectivity index (χ2v) is 4.37. The molecule has 0 aliphatic carbocycles. The lowest BCUT2D eigenvalue weighted by atomic mass is 10.1. The number of carbonyl (C=O) groups excluding carboxylic acids is 1. The van der Waals surface area contributed by atoms with Gasteiger partial charge in [0, 0.05) is 20.1 Å². The lowest BCUT2D eigenvalue weighted by Crippen LogP contribution is -2.33. The molecule has 0 amide bonds. The Kier molecular flexibility index (Phi) is 3.97. The van der Waals surface area contributed by atoms with Crippen molar-refractivity contribution in [3.05, 3.63) is 29.8 Å². The van der Waals surface area contributed by atoms with E-state index in [9.17, 15) is 4.79 Å². The van der Waals surface area contributed by atoms with Gasteiger partial charge in [-0.05, 0) is 18.6 Å². The van der Waals surface area contributed by atoms with Crippen LogP contribution in [0.2, 0.25) is 0 Å². The van der Waals surface area contributed by atoms with Crippen LogP contribution >= 0.6 is 0 Å². The average Bonchev–Trinajstić information content (AvgIpc) is 2.41. The van der Waals surface area contributed by atoms with Crippen LogP contribution in [-0.2, 0) is 0 Å². The summed E-state index contributed by atoms with van der Waals surface area (Å²) in [6.07, 6.45) is 1.40. The summed E-state index contributed by atoms with van der Waals surface area (Å²) >= 11 is 0. The Morgan fingerprint density at radius 1 is 1.44 bits per heavy atom. The summed E-state index contributed by atoms with van der Waals surface area (Å²) in [5.74, 6) is 1.55. The van der Waals surface area contributed by atoms with Crippen molar-refractivity contribution >= 4 is 11.6 Å². The van der Waals surface area contributed by atoms with Gasteiger partial charge in [-0.15, -0.1) is 0 Å². The molecular formula is C14H18N2O2. The summed E-state index contributed by atoms with van der Waals surface area (Å²) in [5, 5.41) is 0. The number of ether oxygens (including phenoxy) is 1. The van der Waals surface area contributed by atoms with Gasteiger partial charge in [0.2, 0.25) is 0 Å². The zero-order valence-electron chi connectivity index (χ0n) is 10.8. The number of carbonyl (C=O) groups is 1. The quantitative estimate of drug-likeness (QED) is 0.763. The predicted molar refractivity (Wildman–Crippen MR) is 71.5 cm³/mol. The molecule has 18 heavy (non-hydrogen) atoms. The summed E-state index contributed by atoms with van der Waals surface area (Å²) in [6.45, 7) is 1.79. The third kappa shape index (κ3) is 2.70. The highest BCUT2D eigenvalue weighted by Crippen LogP contribution is 2.19. The van der Waals surface area contributed by atoms with E-state index in [0.717, 1.165) is 25.3 Å². The number of aliphatic imine (C=N–C) groups is 1. The standard InChI is InChI=1S/C14H18N2O2/c1-16-9-5-8-15-14(16)10-12(17)11-6-3-4-7-13(11)18-2/h3-4,6-7H,5,8-10H2,1-2H3. The molecule has 2 rings (SSSR count). The molecule has 1 aromatic rings. The first-order valence-corrected chi connectivity index (χ1v) is 6.13. The van der Waals surface area contributed by atoms with E-state index in [2.05, 4.69) is 9.89 Å². The minimum absolute atomic E-state index is 0.0555. The smallest absolute Gasteiger partial charge is 0.174 e. The summed E-state index contributed by atoms with van der Waals surface area (Å²) < 4.78 is 5.21. The van der Waals surface area contributed by atoms with Gasteiger partial charge >= 0.3 is 0 Å². The van der Waals surface area contributed by atoms with Gasteiger partial charge in [0.1, 0.15) is 11.6 Å². The number of nitrogens with zero attached hydrogens (tertiary/aromatic N) is 2. The third-order valence-electron chi connectivity index (χ3n) is 3.11. The number of hydrogen-bond acceptors (Lipinski definition) is 4. The first-order valence-electron chi connectivity index (χ1n) is 6.13. The third-order valence-corrected chi connectivity index (χ3v) is 3.11. The first kappa shape index (κ1) is 12.6. The molecule has 0 fully saturated rings. The van der Waals surface area contributed by atoms with E-state index >= 15 is 0 Å². The number of methoxy groups -OCH3 is 1. The molecule has 0 bridgehead atoms. The van der Waals surface area contributed by atoms with Crippen molar-refractivity contribution in [2.45, 2.75) is 12.8 Å². The van der Waals surface area contributed by atoms with Gasteiger partial charge in [0.15, 0.2) is 5.78 Å². The van der Waals surface area contributed by atoms with E-state index in [-0.39, 0.29) is 5.78 Å². The van der Waals surface area contributed by atoms with E-state index in [0.29, 0.717) is 17.7 Å². The molecule has 0 aromatic heterocycles. The maximum Gasteiger partial charge on any atom is 0.174 e. The zero-order chi connectivity index (χ0) is 13.0. The van der Waals surface area contributed by atoms with E-state index in [1.165, 1.54) is 0 Å². The van der Waals surface area contributed by atoms with Crippen molar-refractivity contribution in [3.8, 4) is 5.75 Å². The van der Waals surface area contributed by atoms with Gasteiger partial charge in [-0.2, -0.15) is 0 Å². The first-order chi connectivity index (χ1) is 8.72. The van der Waals surface area contributed by atoms with Crippen LogP contribution in [0, 0.1) is 0 Å². The Bertz CT molecular complexity index is 469. The summed E-state index contributed by atoms with van der Waals surface area (Å²) in [6, 6.07) is 7.31. The SMILES string of the molecule is COc1ccccc1C(=O)CC1=NCCCN1C. The number of hydrogen-bond donors (Lipinski definition) is 0. The molecule has 1 aromatic carbocycles. The van der Waals surface area contributed by atoms with Crippen LogP contribution < -0.4 is 4.74 Å². The molecule has 0 N–H and O–H groups in total. The predicted octanol–water partition coefficient (Wildman–Crippen LogP) is 2.00. The molecule has 0 saturated carbocycles. The van der Waals surface area contributed by atoms with E-state index in [1.54, 1.807) is 19.2 Å². The van der Waals surface area contributed by atoms with Crippen molar-refractivity contribution in [2.24, 2.45) is 4.99 Å². The molecule has 0 radical (unpaired) electrons. The molecule has 4 nitrogen and oxygen atoms in total. The van der Waals surface area contributed by atoms with Crippen molar-refractivity contribution in [1.29, 1.82) is 0 Å². The monoisotopic (exact) mass is 246 g/mol. The lowest BCUT2D eigenvalue weighted by Gasteiger charge is -2.24. The average molecular weight is 246 g/mol. The second-order valence-electron chi connectivity index (χ2n) is 4.37. The van der Waals surface area contributed by atoms with Crippen molar-refractivity contribution in [1.82, 2.24) is 4.90 Å². The number of amidine groups is 1. The maximum atomic E-state index is 12.3. The van der Waals surface area contributed by atoms with Gasteiger partial charge in [-0.1, -0.05) is 12.1 Å². The number of para-hydroxylation sites is 1. The molecule has 0 saturated heterocycles. The lowest BCUT2D eigenvalue weighted by molar-refractivity contribution is 0.0994. The fourth-order valence-electron chi connectivity index (χ4n) is 2.07. The van der Waals surface area contributed by atoms with Gasteiger partial charge in [0.05, 0.1) is 19.1 Å². The minimum Gasteiger partial charge on any atom is -0.496 e. The normalized spacial score (nSPS) is 15.2. The van der Waals surface area contributed by atoms with Crippen molar-refractivity contribution < 1.29 is 9.53 Å². The van der Waals surface area contributed by atoms with Gasteiger partial charge in [-0.3, -0.25) is 9.79 Å². The van der Waals surface area contributed by atoms with Crippen LogP contribution in [0.25, 0.3) is 0 Å². The topological polar surface area (TPSA) is 41.9 Å². The Morgan fingerprint density at radius 2 is 2.22 bits per heavy atom. The van der Waals surface area contributed by atoms with Crippen LogP contribution in [0.1, 0.15) is 23.2 Å².